The zero-order chi connectivity index (χ0) is 14.7. The van der Waals surface area contributed by atoms with Crippen LogP contribution in [0.5, 0.6) is 5.75 Å². The molecule has 0 N–H and O–H groups in total. The van der Waals surface area contributed by atoms with Crippen LogP contribution < -0.4 is 4.74 Å². The molecule has 0 fully saturated rings. The summed E-state index contributed by atoms with van der Waals surface area (Å²) >= 11 is 0. The number of imidazole rings is 1. The van der Waals surface area contributed by atoms with Gasteiger partial charge in [0.2, 0.25) is 0 Å². The van der Waals surface area contributed by atoms with Crippen LogP contribution in [0.2, 0.25) is 0 Å². The minimum absolute atomic E-state index is 0.195. The van der Waals surface area contributed by atoms with E-state index in [2.05, 4.69) is 52.4 Å². The molecule has 110 valence electrons. The second-order valence-electron chi connectivity index (χ2n) is 5.52. The first-order valence-corrected chi connectivity index (χ1v) is 7.44. The minimum atomic E-state index is 0.195. The van der Waals surface area contributed by atoms with Gasteiger partial charge in [0.1, 0.15) is 5.75 Å². The third-order valence-electron chi connectivity index (χ3n) is 3.51. The molecular formula is C17H21N3O. The van der Waals surface area contributed by atoms with E-state index in [4.69, 9.17) is 4.74 Å². The molecule has 0 aliphatic heterocycles. The maximum absolute atomic E-state index is 5.88. The normalized spacial score (nSPS) is 11.4. The summed E-state index contributed by atoms with van der Waals surface area (Å²) in [5.41, 5.74) is 1.23. The molecule has 0 saturated heterocycles. The Morgan fingerprint density at radius 1 is 1.14 bits per heavy atom. The fourth-order valence-electron chi connectivity index (χ4n) is 2.59. The van der Waals surface area contributed by atoms with E-state index < -0.39 is 0 Å². The Bertz CT molecular complexity index is 698. The van der Waals surface area contributed by atoms with Crippen LogP contribution in [0.1, 0.15) is 20.3 Å². The summed E-state index contributed by atoms with van der Waals surface area (Å²) in [5.74, 6) is 0.968. The van der Waals surface area contributed by atoms with Gasteiger partial charge in [-0.2, -0.15) is 0 Å². The Morgan fingerprint density at radius 3 is 2.81 bits per heavy atom. The van der Waals surface area contributed by atoms with E-state index in [1.165, 1.54) is 10.9 Å². The van der Waals surface area contributed by atoms with E-state index >= 15 is 0 Å². The van der Waals surface area contributed by atoms with Crippen LogP contribution in [0, 0.1) is 0 Å². The van der Waals surface area contributed by atoms with Crippen molar-refractivity contribution in [3.8, 4) is 5.75 Å². The lowest BCUT2D eigenvalue weighted by atomic mass is 10.2. The highest BCUT2D eigenvalue weighted by molar-refractivity contribution is 5.86. The SMILES string of the molecule is CC(C)Oc1cccc2c1ccn2CCCn1ccnc1. The van der Waals surface area contributed by atoms with Crippen LogP contribution in [0.25, 0.3) is 10.9 Å². The molecule has 4 nitrogen and oxygen atoms in total. The number of ether oxygens (including phenoxy) is 1. The first-order valence-electron chi connectivity index (χ1n) is 7.44. The van der Waals surface area contributed by atoms with E-state index in [-0.39, 0.29) is 6.10 Å². The van der Waals surface area contributed by atoms with Crippen LogP contribution in [0.3, 0.4) is 0 Å². The molecule has 3 rings (SSSR count). The number of rotatable bonds is 6. The standard InChI is InChI=1S/C17H21N3O/c1-14(2)21-17-6-3-5-16-15(17)7-11-20(16)10-4-9-19-12-8-18-13-19/h3,5-8,11-14H,4,9-10H2,1-2H3. The van der Waals surface area contributed by atoms with Gasteiger partial charge >= 0.3 is 0 Å². The smallest absolute Gasteiger partial charge is 0.129 e. The van der Waals surface area contributed by atoms with Crippen molar-refractivity contribution in [3.05, 3.63) is 49.2 Å². The van der Waals surface area contributed by atoms with Crippen molar-refractivity contribution < 1.29 is 4.74 Å². The minimum Gasteiger partial charge on any atom is -0.490 e. The highest BCUT2D eigenvalue weighted by atomic mass is 16.5. The average Bonchev–Trinajstić information content (AvgIpc) is 3.09. The molecule has 4 heteroatoms. The van der Waals surface area contributed by atoms with Crippen molar-refractivity contribution in [2.45, 2.75) is 39.5 Å². The van der Waals surface area contributed by atoms with Gasteiger partial charge in [0.25, 0.3) is 0 Å². The zero-order valence-electron chi connectivity index (χ0n) is 12.6. The number of hydrogen-bond donors (Lipinski definition) is 0. The van der Waals surface area contributed by atoms with E-state index in [0.717, 1.165) is 25.3 Å². The van der Waals surface area contributed by atoms with Gasteiger partial charge in [-0.05, 0) is 38.5 Å². The van der Waals surface area contributed by atoms with Gasteiger partial charge in [-0.25, -0.2) is 4.98 Å². The van der Waals surface area contributed by atoms with Gasteiger partial charge in [0.05, 0.1) is 17.9 Å². The summed E-state index contributed by atoms with van der Waals surface area (Å²) in [4.78, 5) is 4.07. The maximum atomic E-state index is 5.88. The molecule has 0 bridgehead atoms. The number of nitrogens with zero attached hydrogens (tertiary/aromatic N) is 3. The van der Waals surface area contributed by atoms with Crippen LogP contribution in [-0.4, -0.2) is 20.2 Å². The fraction of sp³-hybridized carbons (Fsp3) is 0.353. The van der Waals surface area contributed by atoms with Gasteiger partial charge in [0.15, 0.2) is 0 Å². The third-order valence-corrected chi connectivity index (χ3v) is 3.51. The van der Waals surface area contributed by atoms with Crippen molar-refractivity contribution >= 4 is 10.9 Å². The molecule has 1 aromatic carbocycles. The second kappa shape index (κ2) is 6.04. The molecule has 0 atom stereocenters. The molecule has 0 amide bonds. The Labute approximate surface area is 125 Å². The highest BCUT2D eigenvalue weighted by Gasteiger charge is 2.07. The molecule has 0 saturated carbocycles. The van der Waals surface area contributed by atoms with E-state index in [1.54, 1.807) is 0 Å². The quantitative estimate of drug-likeness (QED) is 0.690. The van der Waals surface area contributed by atoms with Crippen LogP contribution in [0.15, 0.2) is 49.2 Å². The average molecular weight is 283 g/mol. The Morgan fingerprint density at radius 2 is 2.05 bits per heavy atom. The molecule has 21 heavy (non-hydrogen) atoms. The molecular weight excluding hydrogens is 262 g/mol. The Balaban J connectivity index is 1.74. The predicted octanol–water partition coefficient (Wildman–Crippen LogP) is 3.72. The van der Waals surface area contributed by atoms with Gasteiger partial charge in [-0.1, -0.05) is 6.07 Å². The first kappa shape index (κ1) is 13.7. The number of benzene rings is 1. The largest absolute Gasteiger partial charge is 0.490 e. The fourth-order valence-corrected chi connectivity index (χ4v) is 2.59. The maximum Gasteiger partial charge on any atom is 0.129 e. The van der Waals surface area contributed by atoms with E-state index in [1.807, 2.05) is 24.8 Å². The van der Waals surface area contributed by atoms with Crippen LogP contribution in [-0.2, 0) is 13.1 Å². The molecule has 0 aliphatic carbocycles. The van der Waals surface area contributed by atoms with Gasteiger partial charge in [-0.15, -0.1) is 0 Å². The van der Waals surface area contributed by atoms with Crippen molar-refractivity contribution in [2.75, 3.05) is 0 Å². The van der Waals surface area contributed by atoms with Gasteiger partial charge in [-0.3, -0.25) is 0 Å². The predicted molar refractivity (Wildman–Crippen MR) is 84.5 cm³/mol. The number of aromatic nitrogens is 3. The number of fused-ring (bicyclic) bond motifs is 1. The number of aryl methyl sites for hydroxylation is 2. The molecule has 0 spiro atoms. The lowest BCUT2D eigenvalue weighted by Crippen LogP contribution is -2.06. The van der Waals surface area contributed by atoms with Crippen molar-refractivity contribution in [3.63, 3.8) is 0 Å². The van der Waals surface area contributed by atoms with Crippen molar-refractivity contribution in [1.29, 1.82) is 0 Å². The molecule has 2 aromatic heterocycles. The summed E-state index contributed by atoms with van der Waals surface area (Å²) in [6, 6.07) is 8.40. The van der Waals surface area contributed by atoms with Crippen LogP contribution >= 0.6 is 0 Å². The summed E-state index contributed by atoms with van der Waals surface area (Å²) in [6.07, 6.45) is 9.10. The van der Waals surface area contributed by atoms with E-state index in [9.17, 15) is 0 Å². The second-order valence-corrected chi connectivity index (χ2v) is 5.52. The molecule has 0 unspecified atom stereocenters. The van der Waals surface area contributed by atoms with Gasteiger partial charge < -0.3 is 13.9 Å². The topological polar surface area (TPSA) is 32.0 Å². The molecule has 0 aliphatic rings. The third kappa shape index (κ3) is 3.10. The van der Waals surface area contributed by atoms with Crippen LogP contribution in [0.4, 0.5) is 0 Å². The van der Waals surface area contributed by atoms with Gasteiger partial charge in [0, 0.05) is 37.1 Å². The summed E-state index contributed by atoms with van der Waals surface area (Å²) in [7, 11) is 0. The lowest BCUT2D eigenvalue weighted by Gasteiger charge is -2.11. The lowest BCUT2D eigenvalue weighted by molar-refractivity contribution is 0.245. The summed E-state index contributed by atoms with van der Waals surface area (Å²) < 4.78 is 10.3. The monoisotopic (exact) mass is 283 g/mol. The highest BCUT2D eigenvalue weighted by Crippen LogP contribution is 2.27. The summed E-state index contributed by atoms with van der Waals surface area (Å²) in [5, 5.41) is 1.19. The molecule has 2 heterocycles. The first-order chi connectivity index (χ1) is 10.2. The number of hydrogen-bond acceptors (Lipinski definition) is 2. The zero-order valence-corrected chi connectivity index (χ0v) is 12.6. The molecule has 3 aromatic rings. The van der Waals surface area contributed by atoms with Crippen molar-refractivity contribution in [2.24, 2.45) is 0 Å². The van der Waals surface area contributed by atoms with E-state index in [0.29, 0.717) is 0 Å². The summed E-state index contributed by atoms with van der Waals surface area (Å²) in [6.45, 7) is 6.09. The Kier molecular flexibility index (Phi) is 3.95. The Hall–Kier alpha value is -2.23. The van der Waals surface area contributed by atoms with Crippen molar-refractivity contribution in [1.82, 2.24) is 14.1 Å². The molecule has 0 radical (unpaired) electrons.